The third-order valence-electron chi connectivity index (χ3n) is 3.01. The molecule has 0 spiro atoms. The van der Waals surface area contributed by atoms with Crippen molar-refractivity contribution in [3.05, 3.63) is 23.8 Å². The maximum absolute atomic E-state index is 12.0. The highest BCUT2D eigenvalue weighted by Crippen LogP contribution is 2.33. The summed E-state index contributed by atoms with van der Waals surface area (Å²) in [5.74, 6) is -1.37. The van der Waals surface area contributed by atoms with Crippen LogP contribution in [0.25, 0.3) is 0 Å². The van der Waals surface area contributed by atoms with E-state index in [4.69, 9.17) is 14.2 Å². The first-order valence-corrected chi connectivity index (χ1v) is 7.19. The van der Waals surface area contributed by atoms with Crippen LogP contribution >= 0.6 is 0 Å². The number of rotatable bonds is 6. The molecule has 0 aliphatic rings. The molecule has 1 unspecified atom stereocenters. The van der Waals surface area contributed by atoms with Gasteiger partial charge in [-0.3, -0.25) is 0 Å². The lowest BCUT2D eigenvalue weighted by Gasteiger charge is -2.30. The van der Waals surface area contributed by atoms with Gasteiger partial charge in [0.05, 0.1) is 0 Å². The minimum absolute atomic E-state index is 0.0674. The van der Waals surface area contributed by atoms with Gasteiger partial charge in [0.2, 0.25) is 0 Å². The van der Waals surface area contributed by atoms with E-state index in [0.717, 1.165) is 0 Å². The summed E-state index contributed by atoms with van der Waals surface area (Å²) >= 11 is 0. The summed E-state index contributed by atoms with van der Waals surface area (Å²) in [7, 11) is 1.40. The zero-order valence-electron chi connectivity index (χ0n) is 14.4. The van der Waals surface area contributed by atoms with Crippen molar-refractivity contribution in [2.75, 3.05) is 13.9 Å². The van der Waals surface area contributed by atoms with E-state index in [0.29, 0.717) is 0 Å². The first-order valence-electron chi connectivity index (χ1n) is 7.19. The molecule has 1 rings (SSSR count). The van der Waals surface area contributed by atoms with Gasteiger partial charge in [-0.2, -0.15) is 0 Å². The van der Waals surface area contributed by atoms with Crippen LogP contribution in [0.4, 0.5) is 4.79 Å². The molecular formula is C16H23NO7. The van der Waals surface area contributed by atoms with E-state index >= 15 is 0 Å². The maximum Gasteiger partial charge on any atom is 0.408 e. The van der Waals surface area contributed by atoms with Gasteiger partial charge in [0.1, 0.15) is 17.1 Å². The third kappa shape index (κ3) is 5.02. The minimum atomic E-state index is -1.83. The zero-order valence-corrected chi connectivity index (χ0v) is 14.4. The molecule has 0 saturated heterocycles. The number of ether oxygens (including phenoxy) is 3. The van der Waals surface area contributed by atoms with Gasteiger partial charge in [-0.1, -0.05) is 0 Å². The monoisotopic (exact) mass is 341 g/mol. The van der Waals surface area contributed by atoms with Gasteiger partial charge in [0.15, 0.2) is 12.3 Å². The molecule has 8 heteroatoms. The number of carboxylic acid groups (broad SMARTS) is 1. The van der Waals surface area contributed by atoms with Crippen molar-refractivity contribution in [2.45, 2.75) is 38.8 Å². The number of carboxylic acids is 1. The standard InChI is InChI=1S/C16H23NO7/c1-15(2,3)24-14(21)17-16(4,13(19)20)11-7-6-10(18)8-12(11)23-9-22-5/h6-8,18H,9H2,1-5H3,(H,17,21)(H,19,20). The molecule has 1 amide bonds. The van der Waals surface area contributed by atoms with Gasteiger partial charge < -0.3 is 29.7 Å². The smallest absolute Gasteiger partial charge is 0.408 e. The largest absolute Gasteiger partial charge is 0.508 e. The number of hydrogen-bond donors (Lipinski definition) is 3. The topological polar surface area (TPSA) is 114 Å². The van der Waals surface area contributed by atoms with Crippen LogP contribution in [-0.4, -0.2) is 41.8 Å². The average molecular weight is 341 g/mol. The van der Waals surface area contributed by atoms with Crippen molar-refractivity contribution in [1.29, 1.82) is 0 Å². The molecule has 0 heterocycles. The lowest BCUT2D eigenvalue weighted by Crippen LogP contribution is -2.51. The molecular weight excluding hydrogens is 318 g/mol. The number of alkyl carbamates (subject to hydrolysis) is 1. The van der Waals surface area contributed by atoms with Crippen molar-refractivity contribution in [2.24, 2.45) is 0 Å². The van der Waals surface area contributed by atoms with E-state index in [1.807, 2.05) is 0 Å². The predicted octanol–water partition coefficient (Wildman–Crippen LogP) is 2.20. The second-order valence-corrected chi connectivity index (χ2v) is 6.29. The quantitative estimate of drug-likeness (QED) is 0.680. The highest BCUT2D eigenvalue weighted by Gasteiger charge is 2.40. The average Bonchev–Trinajstić information content (AvgIpc) is 2.42. The molecule has 134 valence electrons. The first-order chi connectivity index (χ1) is 11.0. The Bertz CT molecular complexity index is 609. The number of amides is 1. The van der Waals surface area contributed by atoms with E-state index < -0.39 is 23.2 Å². The van der Waals surface area contributed by atoms with Crippen molar-refractivity contribution >= 4 is 12.1 Å². The molecule has 0 bridgehead atoms. The highest BCUT2D eigenvalue weighted by atomic mass is 16.7. The van der Waals surface area contributed by atoms with Gasteiger partial charge in [0, 0.05) is 18.7 Å². The number of nitrogens with one attached hydrogen (secondary N) is 1. The summed E-state index contributed by atoms with van der Waals surface area (Å²) in [6.07, 6.45) is -0.891. The van der Waals surface area contributed by atoms with E-state index in [1.54, 1.807) is 20.8 Å². The molecule has 0 radical (unpaired) electrons. The van der Waals surface area contributed by atoms with Gasteiger partial charge in [0.25, 0.3) is 0 Å². The maximum atomic E-state index is 12.0. The van der Waals surface area contributed by atoms with Crippen molar-refractivity contribution in [3.63, 3.8) is 0 Å². The van der Waals surface area contributed by atoms with Crippen LogP contribution < -0.4 is 10.1 Å². The molecule has 1 aromatic rings. The van der Waals surface area contributed by atoms with Gasteiger partial charge in [-0.25, -0.2) is 9.59 Å². The number of phenols is 1. The fraction of sp³-hybridized carbons (Fsp3) is 0.500. The van der Waals surface area contributed by atoms with Crippen LogP contribution in [0.15, 0.2) is 18.2 Å². The summed E-state index contributed by atoms with van der Waals surface area (Å²) in [5, 5.41) is 21.6. The van der Waals surface area contributed by atoms with Gasteiger partial charge in [-0.15, -0.1) is 0 Å². The van der Waals surface area contributed by atoms with Crippen LogP contribution in [0.1, 0.15) is 33.3 Å². The van der Waals surface area contributed by atoms with E-state index in [-0.39, 0.29) is 23.9 Å². The summed E-state index contributed by atoms with van der Waals surface area (Å²) in [6.45, 7) is 6.14. The van der Waals surface area contributed by atoms with Gasteiger partial charge >= 0.3 is 12.1 Å². The van der Waals surface area contributed by atoms with E-state index in [2.05, 4.69) is 5.32 Å². The molecule has 0 saturated carbocycles. The summed E-state index contributed by atoms with van der Waals surface area (Å²) in [6, 6.07) is 3.89. The Balaban J connectivity index is 3.23. The minimum Gasteiger partial charge on any atom is -0.508 e. The second kappa shape index (κ2) is 7.39. The van der Waals surface area contributed by atoms with Crippen molar-refractivity contribution in [3.8, 4) is 11.5 Å². The SMILES string of the molecule is COCOc1cc(O)ccc1C(C)(NC(=O)OC(C)(C)C)C(=O)O. The molecule has 0 fully saturated rings. The number of methoxy groups -OCH3 is 1. The van der Waals surface area contributed by atoms with E-state index in [1.165, 1.54) is 32.2 Å². The zero-order chi connectivity index (χ0) is 18.5. The number of aliphatic carboxylic acids is 1. The van der Waals surface area contributed by atoms with Crippen LogP contribution in [0, 0.1) is 0 Å². The molecule has 1 aromatic carbocycles. The number of aromatic hydroxyl groups is 1. The lowest BCUT2D eigenvalue weighted by atomic mass is 9.91. The van der Waals surface area contributed by atoms with Crippen molar-refractivity contribution in [1.82, 2.24) is 5.32 Å². The molecule has 0 aliphatic heterocycles. The Morgan fingerprint density at radius 2 is 1.83 bits per heavy atom. The molecule has 8 nitrogen and oxygen atoms in total. The number of carbonyl (C=O) groups excluding carboxylic acids is 1. The number of phenolic OH excluding ortho intramolecular Hbond substituents is 1. The van der Waals surface area contributed by atoms with Crippen LogP contribution in [0.5, 0.6) is 11.5 Å². The first kappa shape index (κ1) is 19.6. The Labute approximate surface area is 140 Å². The van der Waals surface area contributed by atoms with Crippen molar-refractivity contribution < 1.29 is 34.0 Å². The van der Waals surface area contributed by atoms with Crippen LogP contribution in [0.2, 0.25) is 0 Å². The summed E-state index contributed by atoms with van der Waals surface area (Å²) in [4.78, 5) is 23.8. The lowest BCUT2D eigenvalue weighted by molar-refractivity contribution is -0.144. The van der Waals surface area contributed by atoms with Crippen LogP contribution in [0.3, 0.4) is 0 Å². The fourth-order valence-corrected chi connectivity index (χ4v) is 1.91. The van der Waals surface area contributed by atoms with E-state index in [9.17, 15) is 19.8 Å². The predicted molar refractivity (Wildman–Crippen MR) is 85.0 cm³/mol. The molecule has 3 N–H and O–H groups in total. The Hall–Kier alpha value is -2.48. The Morgan fingerprint density at radius 1 is 1.21 bits per heavy atom. The Kier molecular flexibility index (Phi) is 6.03. The molecule has 0 aromatic heterocycles. The van der Waals surface area contributed by atoms with Gasteiger partial charge in [-0.05, 0) is 39.8 Å². The normalized spacial score (nSPS) is 13.7. The number of hydrogen-bond acceptors (Lipinski definition) is 6. The number of benzene rings is 1. The fourth-order valence-electron chi connectivity index (χ4n) is 1.91. The second-order valence-electron chi connectivity index (χ2n) is 6.29. The highest BCUT2D eigenvalue weighted by molar-refractivity contribution is 5.86. The third-order valence-corrected chi connectivity index (χ3v) is 3.01. The Morgan fingerprint density at radius 3 is 2.33 bits per heavy atom. The molecule has 1 atom stereocenters. The summed E-state index contributed by atoms with van der Waals surface area (Å²) in [5.41, 5.74) is -2.48. The molecule has 0 aliphatic carbocycles. The summed E-state index contributed by atoms with van der Waals surface area (Å²) < 4.78 is 15.2. The number of carbonyl (C=O) groups is 2. The molecule has 24 heavy (non-hydrogen) atoms. The van der Waals surface area contributed by atoms with Crippen LogP contribution in [-0.2, 0) is 19.8 Å².